The van der Waals surface area contributed by atoms with Gasteiger partial charge in [0.2, 0.25) is 0 Å². The number of aryl methyl sites for hydroxylation is 1. The van der Waals surface area contributed by atoms with Crippen LogP contribution in [0.4, 0.5) is 5.82 Å². The number of hydrogen-bond donors (Lipinski definition) is 3. The second kappa shape index (κ2) is 10.4. The highest BCUT2D eigenvalue weighted by atomic mass is 32.2. The Labute approximate surface area is 256 Å². The molecule has 7 rings (SSSR count). The van der Waals surface area contributed by atoms with E-state index in [4.69, 9.17) is 5.14 Å². The monoisotopic (exact) mass is 619 g/mol. The van der Waals surface area contributed by atoms with Crippen molar-refractivity contribution in [2.45, 2.75) is 19.4 Å². The fourth-order valence-corrected chi connectivity index (χ4v) is 6.18. The van der Waals surface area contributed by atoms with Crippen LogP contribution >= 0.6 is 0 Å². The first-order valence-corrected chi connectivity index (χ1v) is 15.4. The Balaban J connectivity index is 1.38. The van der Waals surface area contributed by atoms with Crippen LogP contribution in [-0.4, -0.2) is 43.3 Å². The third kappa shape index (κ3) is 4.89. The standard InChI is InChI=1S/C31H25N9O4S/c1-18(35-30(41)26-28(37-45(32,43)44)36-39-14-6-13-33-29(26)39)27-23-15-21-12-11-20(10-9-19-16-34-38(2)17-19)25(24(21)23)31(42)40(27)22-7-4-3-5-8-22/h3-8,11-14,16-18H,15H2,1-2H3,(H,35,41)(H,36,37)(H2,32,43,44)/t18-/m1/s1. The van der Waals surface area contributed by atoms with Crippen molar-refractivity contribution in [3.63, 3.8) is 0 Å². The summed E-state index contributed by atoms with van der Waals surface area (Å²) in [5.41, 5.74) is 4.18. The van der Waals surface area contributed by atoms with Gasteiger partial charge in [-0.3, -0.25) is 23.6 Å². The maximum absolute atomic E-state index is 14.4. The summed E-state index contributed by atoms with van der Waals surface area (Å²) in [6, 6.07) is 13.9. The van der Waals surface area contributed by atoms with E-state index >= 15 is 0 Å². The highest BCUT2D eigenvalue weighted by Crippen LogP contribution is 2.39. The van der Waals surface area contributed by atoms with E-state index in [1.54, 1.807) is 34.6 Å². The molecule has 224 valence electrons. The zero-order valence-corrected chi connectivity index (χ0v) is 24.8. The molecular weight excluding hydrogens is 594 g/mol. The van der Waals surface area contributed by atoms with Gasteiger partial charge in [0.15, 0.2) is 11.5 Å². The molecule has 0 spiro atoms. The summed E-state index contributed by atoms with van der Waals surface area (Å²) < 4.78 is 30.4. The van der Waals surface area contributed by atoms with Gasteiger partial charge in [-0.1, -0.05) is 36.1 Å². The van der Waals surface area contributed by atoms with Crippen molar-refractivity contribution in [3.05, 3.63) is 117 Å². The smallest absolute Gasteiger partial charge is 0.297 e. The number of nitrogens with zero attached hydrogens (tertiary/aromatic N) is 6. The van der Waals surface area contributed by atoms with Gasteiger partial charge in [-0.05, 0) is 47.7 Å². The van der Waals surface area contributed by atoms with Gasteiger partial charge < -0.3 is 5.32 Å². The molecule has 1 amide bonds. The van der Waals surface area contributed by atoms with E-state index < -0.39 is 22.2 Å². The number of carbonyl (C=O) groups is 1. The van der Waals surface area contributed by atoms with E-state index in [1.807, 2.05) is 49.5 Å². The molecule has 2 aromatic carbocycles. The molecule has 13 nitrogen and oxygen atoms in total. The Morgan fingerprint density at radius 3 is 2.62 bits per heavy atom. The Bertz CT molecular complexity index is 2420. The molecule has 1 aliphatic rings. The molecule has 1 atom stereocenters. The van der Waals surface area contributed by atoms with E-state index in [-0.39, 0.29) is 22.6 Å². The van der Waals surface area contributed by atoms with E-state index in [2.05, 4.69) is 37.1 Å². The summed E-state index contributed by atoms with van der Waals surface area (Å²) in [5.74, 6) is 5.34. The minimum atomic E-state index is -4.25. The number of rotatable bonds is 6. The minimum Gasteiger partial charge on any atom is -0.344 e. The van der Waals surface area contributed by atoms with Gasteiger partial charge in [0, 0.05) is 43.3 Å². The van der Waals surface area contributed by atoms with Gasteiger partial charge in [-0.15, -0.1) is 5.10 Å². The van der Waals surface area contributed by atoms with E-state index in [1.165, 1.54) is 16.9 Å². The summed E-state index contributed by atoms with van der Waals surface area (Å²) >= 11 is 0. The first kappa shape index (κ1) is 28.0. The molecule has 4 aromatic heterocycles. The summed E-state index contributed by atoms with van der Waals surface area (Å²) in [4.78, 5) is 32.5. The topological polar surface area (TPSA) is 171 Å². The summed E-state index contributed by atoms with van der Waals surface area (Å²) in [7, 11) is -2.44. The molecule has 14 heteroatoms. The number of benzene rings is 2. The number of para-hydroxylation sites is 1. The van der Waals surface area contributed by atoms with Gasteiger partial charge in [-0.25, -0.2) is 14.6 Å². The molecule has 0 saturated carbocycles. The van der Waals surface area contributed by atoms with Crippen LogP contribution in [0.1, 0.15) is 51.3 Å². The molecule has 0 radical (unpaired) electrons. The number of carbonyl (C=O) groups excluding carboxylic acids is 1. The Hall–Kier alpha value is -5.78. The van der Waals surface area contributed by atoms with Crippen molar-refractivity contribution in [2.24, 2.45) is 12.2 Å². The predicted octanol–water partition coefficient (Wildman–Crippen LogP) is 2.18. The summed E-state index contributed by atoms with van der Waals surface area (Å²) in [6.07, 6.45) is 7.03. The lowest BCUT2D eigenvalue weighted by atomic mass is 9.81. The van der Waals surface area contributed by atoms with Crippen LogP contribution in [0.25, 0.3) is 22.1 Å². The minimum absolute atomic E-state index is 0.113. The maximum atomic E-state index is 14.4. The normalized spacial score (nSPS) is 12.8. The van der Waals surface area contributed by atoms with Gasteiger partial charge in [0.05, 0.1) is 28.9 Å². The van der Waals surface area contributed by atoms with E-state index in [0.717, 1.165) is 22.1 Å². The molecular formula is C31H25N9O4S. The molecule has 4 heterocycles. The number of hydrogen-bond acceptors (Lipinski definition) is 7. The van der Waals surface area contributed by atoms with Gasteiger partial charge in [0.1, 0.15) is 5.56 Å². The van der Waals surface area contributed by atoms with Crippen LogP contribution in [-0.2, 0) is 23.7 Å². The lowest BCUT2D eigenvalue weighted by molar-refractivity contribution is 0.0941. The van der Waals surface area contributed by atoms with Crippen molar-refractivity contribution in [1.82, 2.24) is 34.3 Å². The fraction of sp³-hybridized carbons (Fsp3) is 0.129. The Morgan fingerprint density at radius 1 is 1.09 bits per heavy atom. The molecule has 45 heavy (non-hydrogen) atoms. The van der Waals surface area contributed by atoms with Crippen LogP contribution in [0.3, 0.4) is 0 Å². The Morgan fingerprint density at radius 2 is 1.89 bits per heavy atom. The third-order valence-corrected chi connectivity index (χ3v) is 8.09. The lowest BCUT2D eigenvalue weighted by Gasteiger charge is -2.30. The zero-order chi connectivity index (χ0) is 31.5. The molecule has 0 fully saturated rings. The number of pyridine rings is 1. The number of amides is 1. The van der Waals surface area contributed by atoms with Crippen LogP contribution in [0.2, 0.25) is 0 Å². The molecule has 6 aromatic rings. The van der Waals surface area contributed by atoms with Crippen molar-refractivity contribution >= 4 is 38.4 Å². The lowest BCUT2D eigenvalue weighted by Crippen LogP contribution is -2.35. The Kier molecular flexibility index (Phi) is 6.50. The first-order valence-electron chi connectivity index (χ1n) is 13.8. The molecule has 0 saturated heterocycles. The van der Waals surface area contributed by atoms with Crippen LogP contribution < -0.4 is 20.7 Å². The molecule has 4 N–H and O–H groups in total. The number of anilines is 1. The highest BCUT2D eigenvalue weighted by molar-refractivity contribution is 7.90. The van der Waals surface area contributed by atoms with Crippen LogP contribution in [0.5, 0.6) is 0 Å². The summed E-state index contributed by atoms with van der Waals surface area (Å²) in [6.45, 7) is 1.77. The third-order valence-electron chi connectivity index (χ3n) is 7.61. The predicted molar refractivity (Wildman–Crippen MR) is 167 cm³/mol. The van der Waals surface area contributed by atoms with Crippen LogP contribution in [0.15, 0.2) is 78.1 Å². The largest absolute Gasteiger partial charge is 0.344 e. The molecule has 0 aliphatic heterocycles. The highest BCUT2D eigenvalue weighted by Gasteiger charge is 2.32. The van der Waals surface area contributed by atoms with Crippen LogP contribution in [0, 0.1) is 11.8 Å². The second-order valence-corrected chi connectivity index (χ2v) is 11.9. The van der Waals surface area contributed by atoms with Crippen molar-refractivity contribution < 1.29 is 13.2 Å². The van der Waals surface area contributed by atoms with Gasteiger partial charge >= 0.3 is 0 Å². The quantitative estimate of drug-likeness (QED) is 0.240. The summed E-state index contributed by atoms with van der Waals surface area (Å²) in [5, 5.41) is 17.8. The number of nitrogens with two attached hydrogens (primary N) is 1. The number of nitrogens with one attached hydrogen (secondary N) is 2. The van der Waals surface area contributed by atoms with Gasteiger partial charge in [-0.2, -0.15) is 13.5 Å². The molecule has 0 unspecified atom stereocenters. The molecule has 1 aliphatic carbocycles. The number of aromatic nitrogens is 6. The fourth-order valence-electron chi connectivity index (χ4n) is 5.76. The van der Waals surface area contributed by atoms with Gasteiger partial charge in [0.25, 0.3) is 21.7 Å². The van der Waals surface area contributed by atoms with Crippen molar-refractivity contribution in [3.8, 4) is 17.5 Å². The average Bonchev–Trinajstić information content (AvgIpc) is 3.57. The molecule has 0 bridgehead atoms. The van der Waals surface area contributed by atoms with E-state index in [0.29, 0.717) is 28.8 Å². The second-order valence-electron chi connectivity index (χ2n) is 10.6. The average molecular weight is 620 g/mol. The first-order chi connectivity index (χ1) is 21.6. The maximum Gasteiger partial charge on any atom is 0.297 e. The van der Waals surface area contributed by atoms with E-state index in [9.17, 15) is 18.0 Å². The number of fused-ring (bicyclic) bond motifs is 1. The van der Waals surface area contributed by atoms with Crippen molar-refractivity contribution in [1.29, 1.82) is 0 Å². The zero-order valence-electron chi connectivity index (χ0n) is 24.0. The van der Waals surface area contributed by atoms with Crippen molar-refractivity contribution in [2.75, 3.05) is 4.72 Å². The SMILES string of the molecule is C[C@@H](NC(=O)c1c(NS(N)(=O)=O)nn2cccnc12)c1c2c3c(ccc(C#Cc4cnn(C)c4)c3c(=O)n1-c1ccccc1)C2.